The van der Waals surface area contributed by atoms with Crippen LogP contribution >= 0.6 is 0 Å². The standard InChI is InChI=1S/C21H24N2O4/c1-13-6-5-7-14(2)18(13)23-20(25)21(10-11-21)19(24)22-15-8-9-16(26-3)17(12-15)27-4/h5-9,12H,10-11H2,1-4H3,(H,22,24)(H,23,25). The molecule has 0 radical (unpaired) electrons. The third-order valence-electron chi connectivity index (χ3n) is 4.98. The van der Waals surface area contributed by atoms with Crippen LogP contribution in [0.3, 0.4) is 0 Å². The van der Waals surface area contributed by atoms with Gasteiger partial charge in [0.2, 0.25) is 11.8 Å². The van der Waals surface area contributed by atoms with Crippen molar-refractivity contribution in [3.05, 3.63) is 47.5 Å². The molecule has 0 bridgehead atoms. The predicted octanol–water partition coefficient (Wildman–Crippen LogP) is 3.68. The molecular formula is C21H24N2O4. The molecule has 0 aromatic heterocycles. The maximum Gasteiger partial charge on any atom is 0.240 e. The minimum atomic E-state index is -1.03. The van der Waals surface area contributed by atoms with Gasteiger partial charge in [-0.05, 0) is 49.9 Å². The summed E-state index contributed by atoms with van der Waals surface area (Å²) in [5, 5.41) is 5.78. The number of hydrogen-bond donors (Lipinski definition) is 2. The highest BCUT2D eigenvalue weighted by Gasteiger charge is 2.56. The lowest BCUT2D eigenvalue weighted by Crippen LogP contribution is -2.36. The van der Waals surface area contributed by atoms with Gasteiger partial charge in [0.25, 0.3) is 0 Å². The molecule has 3 rings (SSSR count). The normalized spacial score (nSPS) is 14.2. The first-order valence-corrected chi connectivity index (χ1v) is 8.82. The Bertz CT molecular complexity index is 867. The Morgan fingerprint density at radius 2 is 1.48 bits per heavy atom. The second kappa shape index (κ2) is 7.31. The van der Waals surface area contributed by atoms with E-state index in [1.54, 1.807) is 25.3 Å². The van der Waals surface area contributed by atoms with Crippen molar-refractivity contribution in [3.8, 4) is 11.5 Å². The maximum absolute atomic E-state index is 12.8. The number of hydrogen-bond acceptors (Lipinski definition) is 4. The Morgan fingerprint density at radius 1 is 0.889 bits per heavy atom. The zero-order valence-corrected chi connectivity index (χ0v) is 16.0. The number of ether oxygens (including phenoxy) is 2. The van der Waals surface area contributed by atoms with Gasteiger partial charge in [0.15, 0.2) is 11.5 Å². The van der Waals surface area contributed by atoms with E-state index in [1.807, 2.05) is 32.0 Å². The molecule has 1 saturated carbocycles. The summed E-state index contributed by atoms with van der Waals surface area (Å²) < 4.78 is 10.5. The van der Waals surface area contributed by atoms with Crippen molar-refractivity contribution >= 4 is 23.2 Å². The van der Waals surface area contributed by atoms with Gasteiger partial charge in [-0.1, -0.05) is 18.2 Å². The molecule has 2 aromatic carbocycles. The molecule has 0 saturated heterocycles. The fourth-order valence-electron chi connectivity index (χ4n) is 3.09. The summed E-state index contributed by atoms with van der Waals surface area (Å²) in [4.78, 5) is 25.6. The van der Waals surface area contributed by atoms with Gasteiger partial charge < -0.3 is 20.1 Å². The van der Waals surface area contributed by atoms with Gasteiger partial charge in [0.05, 0.1) is 14.2 Å². The summed E-state index contributed by atoms with van der Waals surface area (Å²) in [5.41, 5.74) is 2.25. The fourth-order valence-corrected chi connectivity index (χ4v) is 3.09. The van der Waals surface area contributed by atoms with Crippen molar-refractivity contribution in [1.29, 1.82) is 0 Å². The SMILES string of the molecule is COc1ccc(NC(=O)C2(C(=O)Nc3c(C)cccc3C)CC2)cc1OC. The monoisotopic (exact) mass is 368 g/mol. The molecule has 1 aliphatic carbocycles. The molecule has 27 heavy (non-hydrogen) atoms. The van der Waals surface area contributed by atoms with Crippen LogP contribution in [0, 0.1) is 19.3 Å². The van der Waals surface area contributed by atoms with E-state index >= 15 is 0 Å². The van der Waals surface area contributed by atoms with E-state index in [9.17, 15) is 9.59 Å². The van der Waals surface area contributed by atoms with Crippen molar-refractivity contribution in [3.63, 3.8) is 0 Å². The van der Waals surface area contributed by atoms with Crippen molar-refractivity contribution in [2.24, 2.45) is 5.41 Å². The number of aryl methyl sites for hydroxylation is 2. The number of methoxy groups -OCH3 is 2. The quantitative estimate of drug-likeness (QED) is 0.763. The van der Waals surface area contributed by atoms with Crippen LogP contribution in [0.1, 0.15) is 24.0 Å². The lowest BCUT2D eigenvalue weighted by Gasteiger charge is -2.18. The molecule has 1 aliphatic rings. The van der Waals surface area contributed by atoms with E-state index in [2.05, 4.69) is 10.6 Å². The van der Waals surface area contributed by atoms with Gasteiger partial charge in [-0.2, -0.15) is 0 Å². The molecule has 1 fully saturated rings. The smallest absolute Gasteiger partial charge is 0.240 e. The van der Waals surface area contributed by atoms with Crippen LogP contribution < -0.4 is 20.1 Å². The molecule has 6 nitrogen and oxygen atoms in total. The van der Waals surface area contributed by atoms with Crippen molar-refractivity contribution in [2.45, 2.75) is 26.7 Å². The van der Waals surface area contributed by atoms with Crippen LogP contribution in [0.15, 0.2) is 36.4 Å². The highest BCUT2D eigenvalue weighted by molar-refractivity contribution is 6.17. The highest BCUT2D eigenvalue weighted by Crippen LogP contribution is 2.48. The number of carbonyl (C=O) groups excluding carboxylic acids is 2. The van der Waals surface area contributed by atoms with Gasteiger partial charge in [-0.3, -0.25) is 9.59 Å². The molecule has 2 aromatic rings. The summed E-state index contributed by atoms with van der Waals surface area (Å²) in [6.07, 6.45) is 1.06. The van der Waals surface area contributed by atoms with Crippen LogP contribution in [0.25, 0.3) is 0 Å². The Kier molecular flexibility index (Phi) is 5.08. The third-order valence-corrected chi connectivity index (χ3v) is 4.98. The van der Waals surface area contributed by atoms with E-state index in [0.717, 1.165) is 16.8 Å². The van der Waals surface area contributed by atoms with E-state index in [0.29, 0.717) is 30.0 Å². The number of rotatable bonds is 6. The van der Waals surface area contributed by atoms with Crippen molar-refractivity contribution in [2.75, 3.05) is 24.9 Å². The summed E-state index contributed by atoms with van der Waals surface area (Å²) in [6, 6.07) is 10.9. The number of nitrogens with one attached hydrogen (secondary N) is 2. The van der Waals surface area contributed by atoms with Crippen LogP contribution in [0.2, 0.25) is 0 Å². The summed E-state index contributed by atoms with van der Waals surface area (Å²) in [7, 11) is 3.08. The van der Waals surface area contributed by atoms with Gasteiger partial charge in [-0.25, -0.2) is 0 Å². The Balaban J connectivity index is 1.75. The summed E-state index contributed by atoms with van der Waals surface area (Å²) >= 11 is 0. The lowest BCUT2D eigenvalue weighted by atomic mass is 10.0. The summed E-state index contributed by atoms with van der Waals surface area (Å²) in [6.45, 7) is 3.87. The lowest BCUT2D eigenvalue weighted by molar-refractivity contribution is -0.131. The zero-order valence-electron chi connectivity index (χ0n) is 16.0. The molecule has 2 N–H and O–H groups in total. The van der Waals surface area contributed by atoms with Gasteiger partial charge >= 0.3 is 0 Å². The fraction of sp³-hybridized carbons (Fsp3) is 0.333. The molecule has 6 heteroatoms. The van der Waals surface area contributed by atoms with Crippen molar-refractivity contribution < 1.29 is 19.1 Å². The minimum absolute atomic E-state index is 0.266. The number of para-hydroxylation sites is 1. The number of benzene rings is 2. The van der Waals surface area contributed by atoms with Crippen LogP contribution in [-0.4, -0.2) is 26.0 Å². The van der Waals surface area contributed by atoms with Crippen LogP contribution in [0.4, 0.5) is 11.4 Å². The van der Waals surface area contributed by atoms with Crippen molar-refractivity contribution in [1.82, 2.24) is 0 Å². The molecule has 0 spiro atoms. The first kappa shape index (κ1) is 18.8. The topological polar surface area (TPSA) is 76.7 Å². The second-order valence-corrected chi connectivity index (χ2v) is 6.83. The Hall–Kier alpha value is -3.02. The first-order chi connectivity index (χ1) is 12.9. The molecule has 142 valence electrons. The average molecular weight is 368 g/mol. The molecule has 2 amide bonds. The minimum Gasteiger partial charge on any atom is -0.493 e. The van der Waals surface area contributed by atoms with E-state index in [4.69, 9.17) is 9.47 Å². The van der Waals surface area contributed by atoms with Gasteiger partial charge in [0, 0.05) is 17.4 Å². The van der Waals surface area contributed by atoms with Gasteiger partial charge in [0.1, 0.15) is 5.41 Å². The Labute approximate surface area is 158 Å². The van der Waals surface area contributed by atoms with Crippen LogP contribution in [0.5, 0.6) is 11.5 Å². The first-order valence-electron chi connectivity index (χ1n) is 8.82. The third kappa shape index (κ3) is 3.60. The molecule has 0 heterocycles. The van der Waals surface area contributed by atoms with Crippen LogP contribution in [-0.2, 0) is 9.59 Å². The average Bonchev–Trinajstić information content (AvgIpc) is 3.46. The van der Waals surface area contributed by atoms with E-state index in [1.165, 1.54) is 7.11 Å². The summed E-state index contributed by atoms with van der Waals surface area (Å²) in [5.74, 6) is 0.515. The molecule has 0 atom stereocenters. The highest BCUT2D eigenvalue weighted by atomic mass is 16.5. The molecule has 0 aliphatic heterocycles. The zero-order chi connectivity index (χ0) is 19.6. The largest absolute Gasteiger partial charge is 0.493 e. The number of amides is 2. The predicted molar refractivity (Wildman–Crippen MR) is 104 cm³/mol. The maximum atomic E-state index is 12.8. The second-order valence-electron chi connectivity index (χ2n) is 6.83. The molecule has 0 unspecified atom stereocenters. The molecular weight excluding hydrogens is 344 g/mol. The Morgan fingerprint density at radius 3 is 2.04 bits per heavy atom. The number of anilines is 2. The van der Waals surface area contributed by atoms with E-state index in [-0.39, 0.29) is 11.8 Å². The van der Waals surface area contributed by atoms with Gasteiger partial charge in [-0.15, -0.1) is 0 Å². The van der Waals surface area contributed by atoms with E-state index < -0.39 is 5.41 Å². The number of carbonyl (C=O) groups is 2.